The van der Waals surface area contributed by atoms with Crippen molar-refractivity contribution in [3.8, 4) is 6.07 Å². The molecular weight excluding hydrogens is 200 g/mol. The van der Waals surface area contributed by atoms with Gasteiger partial charge in [-0.15, -0.1) is 0 Å². The molecule has 0 N–H and O–H groups in total. The van der Waals surface area contributed by atoms with Crippen LogP contribution in [0.2, 0.25) is 0 Å². The van der Waals surface area contributed by atoms with Crippen LogP contribution in [0.15, 0.2) is 11.6 Å². The summed E-state index contributed by atoms with van der Waals surface area (Å²) in [7, 11) is 0. The van der Waals surface area contributed by atoms with Gasteiger partial charge in [-0.25, -0.2) is 0 Å². The maximum atomic E-state index is 12.1. The zero-order chi connectivity index (χ0) is 12.3. The second-order valence-corrected chi connectivity index (χ2v) is 5.53. The number of rotatable bonds is 1. The lowest BCUT2D eigenvalue weighted by molar-refractivity contribution is -0.127. The molecule has 0 saturated carbocycles. The highest BCUT2D eigenvalue weighted by Gasteiger charge is 2.28. The van der Waals surface area contributed by atoms with Gasteiger partial charge in [-0.1, -0.05) is 26.8 Å². The van der Waals surface area contributed by atoms with Gasteiger partial charge >= 0.3 is 0 Å². The summed E-state index contributed by atoms with van der Waals surface area (Å²) in [6, 6.07) is 2.29. The molecule has 3 nitrogen and oxygen atoms in total. The standard InChI is InChI=1S/C13H20N2O/c1-10-6-5-7-15(10)12(16)11(9-14)8-13(2,3)4/h8,10H,5-7H2,1-4H3/t10-/m1/s1. The van der Waals surface area contributed by atoms with Gasteiger partial charge in [-0.05, 0) is 25.2 Å². The van der Waals surface area contributed by atoms with Crippen molar-refractivity contribution in [2.75, 3.05) is 6.54 Å². The zero-order valence-corrected chi connectivity index (χ0v) is 10.6. The molecule has 0 aromatic rings. The third-order valence-electron chi connectivity index (χ3n) is 2.74. The lowest BCUT2D eigenvalue weighted by atomic mass is 9.93. The topological polar surface area (TPSA) is 44.1 Å². The maximum Gasteiger partial charge on any atom is 0.264 e. The van der Waals surface area contributed by atoms with E-state index in [1.807, 2.05) is 33.8 Å². The van der Waals surface area contributed by atoms with Crippen molar-refractivity contribution in [1.82, 2.24) is 4.90 Å². The number of hydrogen-bond donors (Lipinski definition) is 0. The van der Waals surface area contributed by atoms with Gasteiger partial charge in [0.1, 0.15) is 11.6 Å². The number of allylic oxidation sites excluding steroid dienone is 1. The SMILES string of the molecule is C[C@@H]1CCCN1C(=O)C(C#N)=CC(C)(C)C. The van der Waals surface area contributed by atoms with Crippen LogP contribution in [0.1, 0.15) is 40.5 Å². The molecule has 1 aliphatic heterocycles. The Morgan fingerprint density at radius 3 is 2.50 bits per heavy atom. The molecule has 1 atom stereocenters. The molecule has 1 aliphatic rings. The van der Waals surface area contributed by atoms with Crippen LogP contribution < -0.4 is 0 Å². The Morgan fingerprint density at radius 1 is 1.50 bits per heavy atom. The summed E-state index contributed by atoms with van der Waals surface area (Å²) in [5, 5.41) is 9.04. The summed E-state index contributed by atoms with van der Waals surface area (Å²) < 4.78 is 0. The minimum atomic E-state index is -0.135. The average molecular weight is 220 g/mol. The number of likely N-dealkylation sites (tertiary alicyclic amines) is 1. The van der Waals surface area contributed by atoms with Gasteiger partial charge in [-0.3, -0.25) is 4.79 Å². The Bertz CT molecular complexity index is 344. The fourth-order valence-corrected chi connectivity index (χ4v) is 1.96. The van der Waals surface area contributed by atoms with E-state index in [1.165, 1.54) is 0 Å². The third-order valence-corrected chi connectivity index (χ3v) is 2.74. The molecule has 16 heavy (non-hydrogen) atoms. The molecule has 1 fully saturated rings. The van der Waals surface area contributed by atoms with Crippen LogP contribution in [0.25, 0.3) is 0 Å². The molecular formula is C13H20N2O. The molecule has 0 aromatic carbocycles. The first-order chi connectivity index (χ1) is 7.35. The van der Waals surface area contributed by atoms with Crippen LogP contribution in [-0.4, -0.2) is 23.4 Å². The summed E-state index contributed by atoms with van der Waals surface area (Å²) in [6.45, 7) is 8.79. The predicted molar refractivity (Wildman–Crippen MR) is 63.6 cm³/mol. The van der Waals surface area contributed by atoms with Crippen LogP contribution in [0.4, 0.5) is 0 Å². The van der Waals surface area contributed by atoms with Crippen molar-refractivity contribution >= 4 is 5.91 Å². The Balaban J connectivity index is 2.87. The van der Waals surface area contributed by atoms with Gasteiger partial charge in [0.25, 0.3) is 5.91 Å². The lowest BCUT2D eigenvalue weighted by Gasteiger charge is -2.22. The van der Waals surface area contributed by atoms with Crippen LogP contribution in [0.5, 0.6) is 0 Å². The molecule has 1 saturated heterocycles. The van der Waals surface area contributed by atoms with E-state index in [0.29, 0.717) is 0 Å². The van der Waals surface area contributed by atoms with Crippen molar-refractivity contribution in [2.45, 2.75) is 46.6 Å². The number of carbonyl (C=O) groups is 1. The van der Waals surface area contributed by atoms with Gasteiger partial charge in [-0.2, -0.15) is 5.26 Å². The normalized spacial score (nSPS) is 22.1. The molecule has 1 heterocycles. The summed E-state index contributed by atoms with van der Waals surface area (Å²) in [5.74, 6) is -0.109. The molecule has 1 amide bonds. The molecule has 0 aliphatic carbocycles. The second kappa shape index (κ2) is 4.69. The summed E-state index contributed by atoms with van der Waals surface area (Å²) in [6.07, 6.45) is 3.85. The summed E-state index contributed by atoms with van der Waals surface area (Å²) in [4.78, 5) is 13.9. The van der Waals surface area contributed by atoms with Gasteiger partial charge < -0.3 is 4.90 Å². The Hall–Kier alpha value is -1.30. The van der Waals surface area contributed by atoms with E-state index < -0.39 is 0 Å². The fourth-order valence-electron chi connectivity index (χ4n) is 1.96. The second-order valence-electron chi connectivity index (χ2n) is 5.53. The molecule has 0 spiro atoms. The smallest absolute Gasteiger partial charge is 0.264 e. The van der Waals surface area contributed by atoms with Crippen molar-refractivity contribution < 1.29 is 4.79 Å². The van der Waals surface area contributed by atoms with Crippen molar-refractivity contribution in [2.24, 2.45) is 5.41 Å². The third kappa shape index (κ3) is 3.10. The molecule has 0 bridgehead atoms. The first-order valence-electron chi connectivity index (χ1n) is 5.79. The molecule has 1 rings (SSSR count). The molecule has 3 heteroatoms. The van der Waals surface area contributed by atoms with Gasteiger partial charge in [0.05, 0.1) is 0 Å². The minimum absolute atomic E-state index is 0.109. The molecule has 0 unspecified atom stereocenters. The van der Waals surface area contributed by atoms with Crippen LogP contribution >= 0.6 is 0 Å². The highest BCUT2D eigenvalue weighted by Crippen LogP contribution is 2.22. The summed E-state index contributed by atoms with van der Waals surface area (Å²) >= 11 is 0. The lowest BCUT2D eigenvalue weighted by Crippen LogP contribution is -2.34. The van der Waals surface area contributed by atoms with E-state index in [9.17, 15) is 4.79 Å². The van der Waals surface area contributed by atoms with Gasteiger partial charge in [0, 0.05) is 12.6 Å². The van der Waals surface area contributed by atoms with Crippen LogP contribution in [0.3, 0.4) is 0 Å². The van der Waals surface area contributed by atoms with E-state index >= 15 is 0 Å². The highest BCUT2D eigenvalue weighted by molar-refractivity contribution is 5.97. The zero-order valence-electron chi connectivity index (χ0n) is 10.6. The highest BCUT2D eigenvalue weighted by atomic mass is 16.2. The van der Waals surface area contributed by atoms with E-state index in [1.54, 1.807) is 11.0 Å². The largest absolute Gasteiger partial charge is 0.335 e. The van der Waals surface area contributed by atoms with Crippen LogP contribution in [-0.2, 0) is 4.79 Å². The van der Waals surface area contributed by atoms with Gasteiger partial charge in [0.15, 0.2) is 0 Å². The van der Waals surface area contributed by atoms with Crippen LogP contribution in [0, 0.1) is 16.7 Å². The number of amides is 1. The van der Waals surface area contributed by atoms with Gasteiger partial charge in [0.2, 0.25) is 0 Å². The van der Waals surface area contributed by atoms with E-state index in [2.05, 4.69) is 0 Å². The monoisotopic (exact) mass is 220 g/mol. The fraction of sp³-hybridized carbons (Fsp3) is 0.692. The first kappa shape index (κ1) is 12.8. The molecule has 0 aromatic heterocycles. The maximum absolute atomic E-state index is 12.1. The number of nitrogens with zero attached hydrogens (tertiary/aromatic N) is 2. The van der Waals surface area contributed by atoms with Crippen molar-refractivity contribution in [1.29, 1.82) is 5.26 Å². The Morgan fingerprint density at radius 2 is 2.12 bits per heavy atom. The first-order valence-corrected chi connectivity index (χ1v) is 5.79. The van der Waals surface area contributed by atoms with E-state index in [0.717, 1.165) is 19.4 Å². The number of carbonyl (C=O) groups excluding carboxylic acids is 1. The Kier molecular flexibility index (Phi) is 3.74. The van der Waals surface area contributed by atoms with E-state index in [-0.39, 0.29) is 22.9 Å². The van der Waals surface area contributed by atoms with Crippen molar-refractivity contribution in [3.05, 3.63) is 11.6 Å². The minimum Gasteiger partial charge on any atom is -0.335 e. The molecule has 0 radical (unpaired) electrons. The Labute approximate surface area is 97.7 Å². The van der Waals surface area contributed by atoms with Crippen molar-refractivity contribution in [3.63, 3.8) is 0 Å². The number of hydrogen-bond acceptors (Lipinski definition) is 2. The summed E-state index contributed by atoms with van der Waals surface area (Å²) in [5.41, 5.74) is 0.144. The number of nitriles is 1. The average Bonchev–Trinajstić information content (AvgIpc) is 2.58. The quantitative estimate of drug-likeness (QED) is 0.503. The van der Waals surface area contributed by atoms with E-state index in [4.69, 9.17) is 5.26 Å². The predicted octanol–water partition coefficient (Wildman–Crippen LogP) is 2.49. The molecule has 88 valence electrons.